The summed E-state index contributed by atoms with van der Waals surface area (Å²) in [5, 5.41) is 60.2. The first-order chi connectivity index (χ1) is 42.2. The van der Waals surface area contributed by atoms with Gasteiger partial charge < -0.3 is 83.1 Å². The second kappa shape index (κ2) is 70.9. The maximum Gasteiger partial charge on any atom is 0.186 e. The van der Waals surface area contributed by atoms with Crippen LogP contribution in [0.2, 0.25) is 0 Å². The van der Waals surface area contributed by atoms with Crippen molar-refractivity contribution in [2.75, 3.05) is 113 Å². The summed E-state index contributed by atoms with van der Waals surface area (Å²) in [5.41, 5.74) is 3.14. The van der Waals surface area contributed by atoms with Crippen LogP contribution in [0.4, 0.5) is 0 Å². The highest BCUT2D eigenvalue weighted by Gasteiger charge is 2.48. The topological polar surface area (TPSA) is 234 Å². The van der Waals surface area contributed by atoms with Gasteiger partial charge in [-0.2, -0.15) is 0 Å². The van der Waals surface area contributed by atoms with Crippen LogP contribution in [-0.4, -0.2) is 185 Å². The Hall–Kier alpha value is -4.84. The summed E-state index contributed by atoms with van der Waals surface area (Å²) in [4.78, 5) is 0. The molecule has 1 aliphatic rings. The van der Waals surface area contributed by atoms with Gasteiger partial charge in [0.1, 0.15) is 30.5 Å². The molecule has 3 aromatic rings. The predicted octanol–water partition coefficient (Wildman–Crippen LogP) is 10.0. The first kappa shape index (κ1) is 85.4. The predicted molar refractivity (Wildman–Crippen MR) is 346 cm³/mol. The molecule has 0 radical (unpaired) electrons. The van der Waals surface area contributed by atoms with Gasteiger partial charge >= 0.3 is 0 Å². The largest absolute Gasteiger partial charge is 0.396 e. The lowest BCUT2D eigenvalue weighted by molar-refractivity contribution is -0.318. The zero-order valence-corrected chi connectivity index (χ0v) is 52.0. The molecular formula is C69H112O17. The minimum atomic E-state index is -0.695. The van der Waals surface area contributed by atoms with Crippen LogP contribution in [0.25, 0.3) is 0 Å². The Balaban J connectivity index is -0.00000104. The van der Waals surface area contributed by atoms with Gasteiger partial charge in [-0.1, -0.05) is 159 Å². The molecule has 1 heterocycles. The van der Waals surface area contributed by atoms with E-state index in [1.54, 1.807) is 37.5 Å². The number of methoxy groups -OCH3 is 1. The Bertz CT molecular complexity index is 1860. The fraction of sp³-hybridized carbons (Fsp3) is 0.536. The number of hydrogen-bond donors (Lipinski definition) is 7. The summed E-state index contributed by atoms with van der Waals surface area (Å²) in [6, 6.07) is 29.6. The van der Waals surface area contributed by atoms with Crippen molar-refractivity contribution >= 4 is 0 Å². The molecule has 490 valence electrons. The fourth-order valence-electron chi connectivity index (χ4n) is 7.00. The number of rotatable bonds is 44. The SMILES string of the molecule is C=CCCCCCCCCO.C=CCCCCO.C=CCCO.C=CCOCCO.C=CCOCCOCCO.C=CCOC[C@@H](CO)OCc1ccccc1.C=CCO[C@@H]1[C@@H](OC)O[C@H](CO)[C@@H](OCc2ccccc2)[C@@H]1OCc1ccccc1. The van der Waals surface area contributed by atoms with E-state index in [9.17, 15) is 5.11 Å². The van der Waals surface area contributed by atoms with Crippen molar-refractivity contribution in [3.05, 3.63) is 196 Å². The number of hydrogen-bond acceptors (Lipinski definition) is 17. The molecule has 17 heteroatoms. The van der Waals surface area contributed by atoms with Gasteiger partial charge in [0.15, 0.2) is 6.29 Å². The molecule has 0 spiro atoms. The summed E-state index contributed by atoms with van der Waals surface area (Å²) in [6.45, 7) is 31.0. The number of unbranched alkanes of at least 4 members (excludes halogenated alkanes) is 8. The molecule has 1 saturated heterocycles. The first-order valence-electron chi connectivity index (χ1n) is 29.8. The quantitative estimate of drug-likeness (QED) is 0.0206. The zero-order valence-electron chi connectivity index (χ0n) is 52.0. The van der Waals surface area contributed by atoms with Gasteiger partial charge in [-0.3, -0.25) is 0 Å². The smallest absolute Gasteiger partial charge is 0.186 e. The van der Waals surface area contributed by atoms with Gasteiger partial charge in [-0.05, 0) is 61.6 Å². The van der Waals surface area contributed by atoms with Gasteiger partial charge in [-0.15, -0.1) is 46.1 Å². The molecule has 4 rings (SSSR count). The van der Waals surface area contributed by atoms with Gasteiger partial charge in [0, 0.05) is 26.9 Å². The molecule has 7 N–H and O–H groups in total. The molecule has 0 amide bonds. The Labute approximate surface area is 517 Å². The summed E-state index contributed by atoms with van der Waals surface area (Å²) < 4.78 is 55.3. The highest BCUT2D eigenvalue weighted by Crippen LogP contribution is 2.30. The molecular weight excluding hydrogens is 1100 g/mol. The second-order valence-corrected chi connectivity index (χ2v) is 18.5. The fourth-order valence-corrected chi connectivity index (χ4v) is 7.00. The lowest BCUT2D eigenvalue weighted by Gasteiger charge is -2.45. The van der Waals surface area contributed by atoms with Crippen molar-refractivity contribution in [3.8, 4) is 0 Å². The van der Waals surface area contributed by atoms with Gasteiger partial charge in [0.25, 0.3) is 0 Å². The average Bonchev–Trinajstić information content (AvgIpc) is 1.79. The van der Waals surface area contributed by atoms with Crippen LogP contribution in [0.5, 0.6) is 0 Å². The van der Waals surface area contributed by atoms with Crippen LogP contribution in [0, 0.1) is 0 Å². The number of aliphatic hydroxyl groups is 7. The van der Waals surface area contributed by atoms with E-state index in [1.807, 2.05) is 103 Å². The molecule has 17 nitrogen and oxygen atoms in total. The molecule has 0 unspecified atom stereocenters. The van der Waals surface area contributed by atoms with Crippen molar-refractivity contribution < 1.29 is 83.1 Å². The number of aliphatic hydroxyl groups excluding tert-OH is 7. The van der Waals surface area contributed by atoms with Crippen LogP contribution >= 0.6 is 0 Å². The van der Waals surface area contributed by atoms with E-state index in [4.69, 9.17) is 78.0 Å². The standard InChI is InChI=1S/C24H30O6.C13H18O3.C10H20O.C7H14O3.C6H12O.C5H10O2.C4H8O/c1-3-14-27-23-22(29-17-19-12-8-5-9-13-19)21(20(15-25)30-24(23)26-2)28-16-18-10-6-4-7-11-18;1-2-8-15-11-13(9-14)16-10-12-6-4-3-5-7-12;1-2-3-4-5-6-7-8-9-10-11;1-2-4-9-6-7-10-5-3-8;1-2-3-4-5-6-7;1-2-4-7-5-3-6;1-2-3-4-5/h3-13,20-25H,1,14-17H2,2H3;2-7,13-14H,1,8-11H2;2,11H,1,3-10H2;2,8H,1,3-7H2;2,7H,1,3-6H2;2,6H,1,3-5H2;2,5H,1,3-4H2/t20-,21-,22+,23+,24+;13-;;;;;/m11...../s1. The molecule has 1 fully saturated rings. The highest BCUT2D eigenvalue weighted by atomic mass is 16.7. The maximum absolute atomic E-state index is 9.96. The maximum atomic E-state index is 9.96. The van der Waals surface area contributed by atoms with Crippen molar-refractivity contribution in [2.24, 2.45) is 0 Å². The van der Waals surface area contributed by atoms with E-state index in [0.717, 1.165) is 48.8 Å². The number of allylic oxidation sites excluding steroid dienone is 2. The lowest BCUT2D eigenvalue weighted by Crippen LogP contribution is -2.61. The van der Waals surface area contributed by atoms with Crippen molar-refractivity contribution in [1.29, 1.82) is 0 Å². The third-order valence-electron chi connectivity index (χ3n) is 11.3. The highest BCUT2D eigenvalue weighted by molar-refractivity contribution is 5.15. The molecule has 0 bridgehead atoms. The zero-order chi connectivity index (χ0) is 64.0. The first-order valence-corrected chi connectivity index (χ1v) is 29.8. The van der Waals surface area contributed by atoms with E-state index in [1.165, 1.54) is 32.1 Å². The lowest BCUT2D eigenvalue weighted by atomic mass is 9.98. The van der Waals surface area contributed by atoms with E-state index < -0.39 is 30.7 Å². The number of benzene rings is 3. The van der Waals surface area contributed by atoms with Gasteiger partial charge in [0.2, 0.25) is 0 Å². The third kappa shape index (κ3) is 54.5. The van der Waals surface area contributed by atoms with Crippen LogP contribution in [0.3, 0.4) is 0 Å². The minimum Gasteiger partial charge on any atom is -0.396 e. The Morgan fingerprint density at radius 1 is 0.419 bits per heavy atom. The third-order valence-corrected chi connectivity index (χ3v) is 11.3. The van der Waals surface area contributed by atoms with Gasteiger partial charge in [-0.25, -0.2) is 0 Å². The average molecular weight is 1210 g/mol. The molecule has 0 saturated carbocycles. The minimum absolute atomic E-state index is 0.0377. The molecule has 1 aliphatic heterocycles. The summed E-state index contributed by atoms with van der Waals surface area (Å²) >= 11 is 0. The van der Waals surface area contributed by atoms with Crippen molar-refractivity contribution in [2.45, 2.75) is 127 Å². The van der Waals surface area contributed by atoms with E-state index in [0.29, 0.717) is 98.9 Å². The van der Waals surface area contributed by atoms with Crippen molar-refractivity contribution in [1.82, 2.24) is 0 Å². The second-order valence-electron chi connectivity index (χ2n) is 18.5. The monoisotopic (exact) mass is 1210 g/mol. The van der Waals surface area contributed by atoms with E-state index in [2.05, 4.69) is 46.1 Å². The molecule has 0 aliphatic carbocycles. The van der Waals surface area contributed by atoms with Crippen molar-refractivity contribution in [3.63, 3.8) is 0 Å². The van der Waals surface area contributed by atoms with Gasteiger partial charge in [0.05, 0.1) is 106 Å². The molecule has 0 aromatic heterocycles. The summed E-state index contributed by atoms with van der Waals surface area (Å²) in [5.74, 6) is 0. The van der Waals surface area contributed by atoms with E-state index in [-0.39, 0.29) is 39.1 Å². The van der Waals surface area contributed by atoms with Crippen LogP contribution < -0.4 is 0 Å². The van der Waals surface area contributed by atoms with Crippen LogP contribution in [0.1, 0.15) is 87.3 Å². The summed E-state index contributed by atoms with van der Waals surface area (Å²) in [7, 11) is 1.54. The molecule has 3 aromatic carbocycles. The Morgan fingerprint density at radius 2 is 0.849 bits per heavy atom. The number of ether oxygens (including phenoxy) is 10. The summed E-state index contributed by atoms with van der Waals surface area (Å²) in [6.07, 6.45) is 21.2. The van der Waals surface area contributed by atoms with Crippen LogP contribution in [0.15, 0.2) is 180 Å². The molecule has 86 heavy (non-hydrogen) atoms. The van der Waals surface area contributed by atoms with E-state index >= 15 is 0 Å². The van der Waals surface area contributed by atoms with Crippen LogP contribution in [-0.2, 0) is 67.2 Å². The Morgan fingerprint density at radius 3 is 1.29 bits per heavy atom. The normalized spacial score (nSPS) is 15.7. The molecule has 6 atom stereocenters. The Kier molecular flexibility index (Phi) is 70.4.